The third kappa shape index (κ3) is 7.17. The summed E-state index contributed by atoms with van der Waals surface area (Å²) in [5.41, 5.74) is 2.47. The Hall–Kier alpha value is -1.39. The summed E-state index contributed by atoms with van der Waals surface area (Å²) in [5, 5.41) is 3.03. The normalized spacial score (nSPS) is 22.6. The number of nitrogens with zero attached hydrogens (tertiary/aromatic N) is 1. The predicted molar refractivity (Wildman–Crippen MR) is 102 cm³/mol. The molecule has 0 aliphatic carbocycles. The summed E-state index contributed by atoms with van der Waals surface area (Å²) in [5.74, 6) is 0.618. The van der Waals surface area contributed by atoms with E-state index in [0.29, 0.717) is 31.1 Å². The fraction of sp³-hybridized carbons (Fsp3) is 0.667. The molecule has 1 heterocycles. The van der Waals surface area contributed by atoms with Crippen LogP contribution < -0.4 is 5.32 Å². The highest BCUT2D eigenvalue weighted by Gasteiger charge is 2.21. The molecule has 1 aliphatic heterocycles. The van der Waals surface area contributed by atoms with Gasteiger partial charge in [0.15, 0.2) is 0 Å². The first-order valence-corrected chi connectivity index (χ1v) is 9.68. The second-order valence-corrected chi connectivity index (χ2v) is 7.64. The quantitative estimate of drug-likeness (QED) is 0.780. The van der Waals surface area contributed by atoms with E-state index in [1.807, 2.05) is 0 Å². The van der Waals surface area contributed by atoms with Crippen molar-refractivity contribution in [3.05, 3.63) is 35.4 Å². The maximum absolute atomic E-state index is 12.0. The van der Waals surface area contributed by atoms with Crippen LogP contribution in [0.4, 0.5) is 0 Å². The van der Waals surface area contributed by atoms with Crippen LogP contribution in [0.25, 0.3) is 0 Å². The van der Waals surface area contributed by atoms with E-state index >= 15 is 0 Å². The van der Waals surface area contributed by atoms with Gasteiger partial charge in [-0.1, -0.05) is 51.0 Å². The highest BCUT2D eigenvalue weighted by atomic mass is 16.5. The SMILES string of the molecule is CCCC(C)CC(=O)NCc1ccc(CN2CC(C)OC(C)C2)cc1. The molecule has 0 saturated carbocycles. The van der Waals surface area contributed by atoms with Gasteiger partial charge in [-0.3, -0.25) is 9.69 Å². The summed E-state index contributed by atoms with van der Waals surface area (Å²) in [6, 6.07) is 8.59. The van der Waals surface area contributed by atoms with E-state index in [1.165, 1.54) is 5.56 Å². The molecule has 1 fully saturated rings. The Morgan fingerprint density at radius 3 is 2.40 bits per heavy atom. The number of rotatable bonds is 8. The zero-order valence-electron chi connectivity index (χ0n) is 16.3. The third-order valence-corrected chi connectivity index (χ3v) is 4.73. The van der Waals surface area contributed by atoms with Crippen molar-refractivity contribution in [3.63, 3.8) is 0 Å². The number of amides is 1. The Morgan fingerprint density at radius 1 is 1.20 bits per heavy atom. The van der Waals surface area contributed by atoms with Crippen LogP contribution in [-0.4, -0.2) is 36.1 Å². The summed E-state index contributed by atoms with van der Waals surface area (Å²) < 4.78 is 5.79. The minimum absolute atomic E-state index is 0.154. The summed E-state index contributed by atoms with van der Waals surface area (Å²) >= 11 is 0. The van der Waals surface area contributed by atoms with Crippen LogP contribution in [0.3, 0.4) is 0 Å². The maximum atomic E-state index is 12.0. The number of carbonyl (C=O) groups is 1. The number of carbonyl (C=O) groups excluding carboxylic acids is 1. The molecule has 1 saturated heterocycles. The van der Waals surface area contributed by atoms with Gasteiger partial charge in [-0.05, 0) is 30.9 Å². The summed E-state index contributed by atoms with van der Waals surface area (Å²) in [4.78, 5) is 14.4. The average molecular weight is 347 g/mol. The molecular weight excluding hydrogens is 312 g/mol. The van der Waals surface area contributed by atoms with Crippen molar-refractivity contribution >= 4 is 5.91 Å². The maximum Gasteiger partial charge on any atom is 0.220 e. The van der Waals surface area contributed by atoms with Crippen LogP contribution in [0.15, 0.2) is 24.3 Å². The van der Waals surface area contributed by atoms with Gasteiger partial charge in [0.05, 0.1) is 12.2 Å². The van der Waals surface area contributed by atoms with Gasteiger partial charge in [-0.25, -0.2) is 0 Å². The van der Waals surface area contributed by atoms with Crippen LogP contribution in [0.5, 0.6) is 0 Å². The van der Waals surface area contributed by atoms with Crippen LogP contribution >= 0.6 is 0 Å². The number of hydrogen-bond donors (Lipinski definition) is 1. The monoisotopic (exact) mass is 346 g/mol. The molecule has 1 aliphatic rings. The number of morpholine rings is 1. The Kier molecular flexibility index (Phi) is 7.91. The lowest BCUT2D eigenvalue weighted by Crippen LogP contribution is -2.44. The smallest absolute Gasteiger partial charge is 0.220 e. The second-order valence-electron chi connectivity index (χ2n) is 7.64. The first kappa shape index (κ1) is 19.9. The van der Waals surface area contributed by atoms with Crippen molar-refractivity contribution in [1.29, 1.82) is 0 Å². The highest BCUT2D eigenvalue weighted by molar-refractivity contribution is 5.76. The molecule has 4 heteroatoms. The molecule has 0 bridgehead atoms. The Bertz CT molecular complexity index is 519. The predicted octanol–water partition coefficient (Wildman–Crippen LogP) is 3.74. The minimum Gasteiger partial charge on any atom is -0.373 e. The standard InChI is InChI=1S/C21H34N2O2/c1-5-6-16(2)11-21(24)22-12-19-7-9-20(10-8-19)15-23-13-17(3)25-18(4)14-23/h7-10,16-18H,5-6,11-15H2,1-4H3,(H,22,24). The first-order valence-electron chi connectivity index (χ1n) is 9.68. The highest BCUT2D eigenvalue weighted by Crippen LogP contribution is 2.15. The molecular formula is C21H34N2O2. The lowest BCUT2D eigenvalue weighted by Gasteiger charge is -2.35. The molecule has 25 heavy (non-hydrogen) atoms. The van der Waals surface area contributed by atoms with Gasteiger partial charge in [0.1, 0.15) is 0 Å². The Morgan fingerprint density at radius 2 is 1.80 bits per heavy atom. The minimum atomic E-state index is 0.154. The number of benzene rings is 1. The zero-order valence-corrected chi connectivity index (χ0v) is 16.3. The van der Waals surface area contributed by atoms with Gasteiger partial charge in [-0.2, -0.15) is 0 Å². The fourth-order valence-electron chi connectivity index (χ4n) is 3.62. The Labute approximate surface area is 152 Å². The largest absolute Gasteiger partial charge is 0.373 e. The zero-order chi connectivity index (χ0) is 18.2. The summed E-state index contributed by atoms with van der Waals surface area (Å²) in [7, 11) is 0. The molecule has 1 amide bonds. The first-order chi connectivity index (χ1) is 12.0. The van der Waals surface area contributed by atoms with E-state index in [1.54, 1.807) is 0 Å². The number of ether oxygens (including phenoxy) is 1. The van der Waals surface area contributed by atoms with E-state index in [2.05, 4.69) is 62.2 Å². The lowest BCUT2D eigenvalue weighted by molar-refractivity contribution is -0.122. The van der Waals surface area contributed by atoms with Crippen molar-refractivity contribution in [2.45, 2.75) is 72.3 Å². The van der Waals surface area contributed by atoms with Gasteiger partial charge in [0.2, 0.25) is 5.91 Å². The van der Waals surface area contributed by atoms with Crippen molar-refractivity contribution < 1.29 is 9.53 Å². The second kappa shape index (κ2) is 9.93. The van der Waals surface area contributed by atoms with Crippen LogP contribution in [0, 0.1) is 5.92 Å². The van der Waals surface area contributed by atoms with Crippen molar-refractivity contribution in [1.82, 2.24) is 10.2 Å². The third-order valence-electron chi connectivity index (χ3n) is 4.73. The van der Waals surface area contributed by atoms with Crippen LogP contribution in [0.2, 0.25) is 0 Å². The molecule has 3 atom stereocenters. The summed E-state index contributed by atoms with van der Waals surface area (Å²) in [6.07, 6.45) is 3.47. The number of hydrogen-bond acceptors (Lipinski definition) is 3. The van der Waals surface area contributed by atoms with Crippen LogP contribution in [-0.2, 0) is 22.6 Å². The summed E-state index contributed by atoms with van der Waals surface area (Å²) in [6.45, 7) is 12.1. The molecule has 1 N–H and O–H groups in total. The fourth-order valence-corrected chi connectivity index (χ4v) is 3.62. The van der Waals surface area contributed by atoms with E-state index < -0.39 is 0 Å². The molecule has 3 unspecified atom stereocenters. The van der Waals surface area contributed by atoms with Gasteiger partial charge in [-0.15, -0.1) is 0 Å². The topological polar surface area (TPSA) is 41.6 Å². The molecule has 4 nitrogen and oxygen atoms in total. The molecule has 0 aromatic heterocycles. The molecule has 0 radical (unpaired) electrons. The molecule has 140 valence electrons. The molecule has 2 rings (SSSR count). The van der Waals surface area contributed by atoms with Gasteiger partial charge < -0.3 is 10.1 Å². The Balaban J connectivity index is 1.77. The molecule has 0 spiro atoms. The van der Waals surface area contributed by atoms with Crippen LogP contribution in [0.1, 0.15) is 58.1 Å². The van der Waals surface area contributed by atoms with Crippen molar-refractivity contribution in [2.24, 2.45) is 5.92 Å². The van der Waals surface area contributed by atoms with E-state index in [-0.39, 0.29) is 5.91 Å². The van der Waals surface area contributed by atoms with Gasteiger partial charge >= 0.3 is 0 Å². The lowest BCUT2D eigenvalue weighted by atomic mass is 10.0. The van der Waals surface area contributed by atoms with Gasteiger partial charge in [0.25, 0.3) is 0 Å². The van der Waals surface area contributed by atoms with E-state index in [4.69, 9.17) is 4.74 Å². The van der Waals surface area contributed by atoms with E-state index in [9.17, 15) is 4.79 Å². The van der Waals surface area contributed by atoms with Crippen molar-refractivity contribution in [3.8, 4) is 0 Å². The van der Waals surface area contributed by atoms with E-state index in [0.717, 1.165) is 38.0 Å². The van der Waals surface area contributed by atoms with Crippen molar-refractivity contribution in [2.75, 3.05) is 13.1 Å². The number of nitrogens with one attached hydrogen (secondary N) is 1. The van der Waals surface area contributed by atoms with Gasteiger partial charge in [0, 0.05) is 32.6 Å². The molecule has 1 aromatic rings. The molecule has 1 aromatic carbocycles. The average Bonchev–Trinajstić information content (AvgIpc) is 2.53.